The normalized spacial score (nSPS) is 12.0. The summed E-state index contributed by atoms with van der Waals surface area (Å²) in [6, 6.07) is 22.9. The molecule has 238 valence electrons. The molecule has 0 spiro atoms. The van der Waals surface area contributed by atoms with Gasteiger partial charge in [-0.15, -0.1) is 0 Å². The van der Waals surface area contributed by atoms with Crippen LogP contribution in [-0.4, -0.2) is 31.8 Å². The first-order chi connectivity index (χ1) is 21.8. The van der Waals surface area contributed by atoms with Crippen LogP contribution < -0.4 is 10.6 Å². The molecule has 0 aliphatic carbocycles. The number of ether oxygens (including phenoxy) is 2. The van der Waals surface area contributed by atoms with E-state index in [1.807, 2.05) is 102 Å². The lowest BCUT2D eigenvalue weighted by atomic mass is 9.96. The van der Waals surface area contributed by atoms with Crippen molar-refractivity contribution in [3.63, 3.8) is 0 Å². The molecular formula is C36H40N6O4. The molecule has 10 nitrogen and oxygen atoms in total. The van der Waals surface area contributed by atoms with Crippen molar-refractivity contribution in [2.45, 2.75) is 68.0 Å². The van der Waals surface area contributed by atoms with Gasteiger partial charge in [-0.2, -0.15) is 0 Å². The second kappa shape index (κ2) is 13.7. The largest absolute Gasteiger partial charge is 0.369 e. The monoisotopic (exact) mass is 620 g/mol. The fraction of sp³-hybridized carbons (Fsp3) is 0.333. The Labute approximate surface area is 269 Å². The highest BCUT2D eigenvalue weighted by molar-refractivity contribution is 6.02. The van der Waals surface area contributed by atoms with Gasteiger partial charge >= 0.3 is 0 Å². The molecule has 2 N–H and O–H groups in total. The second-order valence-electron chi connectivity index (χ2n) is 13.2. The van der Waals surface area contributed by atoms with Gasteiger partial charge in [0.25, 0.3) is 0 Å². The van der Waals surface area contributed by atoms with Crippen LogP contribution >= 0.6 is 0 Å². The van der Waals surface area contributed by atoms with Crippen molar-refractivity contribution in [2.75, 3.05) is 10.6 Å². The van der Waals surface area contributed by atoms with E-state index < -0.39 is 10.8 Å². The Hall–Kier alpha value is -4.80. The van der Waals surface area contributed by atoms with E-state index in [1.54, 1.807) is 12.1 Å². The number of hydrogen-bond acceptors (Lipinski definition) is 8. The molecule has 4 aromatic heterocycles. The summed E-state index contributed by atoms with van der Waals surface area (Å²) in [6.07, 6.45) is 0. The highest BCUT2D eigenvalue weighted by Gasteiger charge is 2.22. The number of benzene rings is 1. The van der Waals surface area contributed by atoms with Gasteiger partial charge in [0.1, 0.15) is 11.6 Å². The van der Waals surface area contributed by atoms with E-state index in [1.165, 1.54) is 0 Å². The average Bonchev–Trinajstić information content (AvgIpc) is 3.00. The van der Waals surface area contributed by atoms with Crippen molar-refractivity contribution in [3.05, 3.63) is 95.6 Å². The van der Waals surface area contributed by atoms with Crippen molar-refractivity contribution in [1.29, 1.82) is 0 Å². The van der Waals surface area contributed by atoms with Gasteiger partial charge in [0.2, 0.25) is 11.8 Å². The van der Waals surface area contributed by atoms with Crippen LogP contribution in [0.25, 0.3) is 21.8 Å². The van der Waals surface area contributed by atoms with Crippen molar-refractivity contribution in [3.8, 4) is 0 Å². The fourth-order valence-electron chi connectivity index (χ4n) is 4.40. The molecule has 0 bridgehead atoms. The molecule has 0 unspecified atom stereocenters. The molecule has 5 rings (SSSR count). The van der Waals surface area contributed by atoms with E-state index in [2.05, 4.69) is 20.6 Å². The minimum atomic E-state index is -0.514. The zero-order chi connectivity index (χ0) is 32.9. The lowest BCUT2D eigenvalue weighted by Crippen LogP contribution is -2.28. The number of nitrogens with zero attached hydrogens (tertiary/aromatic N) is 4. The Morgan fingerprint density at radius 3 is 1.24 bits per heavy atom. The first kappa shape index (κ1) is 32.6. The maximum absolute atomic E-state index is 12.3. The zero-order valence-corrected chi connectivity index (χ0v) is 27.2. The molecule has 0 saturated heterocycles. The standard InChI is InChI=1S/C36H40N6O4/c1-35(2,3)33(43)41-29-11-7-9-25(37-29)19-45-21-27-17-15-23-13-14-24-16-18-28(40-32(24)31(23)39-27)22-46-20-26-10-8-12-30(38-26)42-34(44)36(4,5)6/h7-18H,19-22H2,1-6H3,(H,37,41,43)(H,38,42,44). The molecule has 46 heavy (non-hydrogen) atoms. The molecule has 0 saturated carbocycles. The molecule has 0 atom stereocenters. The van der Waals surface area contributed by atoms with Gasteiger partial charge in [0.15, 0.2) is 0 Å². The second-order valence-corrected chi connectivity index (χ2v) is 13.2. The molecule has 0 aliphatic rings. The number of fused-ring (bicyclic) bond motifs is 3. The summed E-state index contributed by atoms with van der Waals surface area (Å²) in [5, 5.41) is 7.66. The van der Waals surface area contributed by atoms with Crippen LogP contribution in [0.5, 0.6) is 0 Å². The molecule has 2 amide bonds. The SMILES string of the molecule is CC(C)(C)C(=O)Nc1cccc(COCc2ccc3ccc4ccc(COCc5cccc(NC(=O)C(C)(C)C)n5)nc4c3n2)n1. The van der Waals surface area contributed by atoms with E-state index in [0.717, 1.165) is 33.2 Å². The molecule has 1 aromatic carbocycles. The van der Waals surface area contributed by atoms with Crippen LogP contribution in [0.1, 0.15) is 64.3 Å². The Bertz CT molecular complexity index is 1740. The summed E-state index contributed by atoms with van der Waals surface area (Å²) in [5.41, 5.74) is 3.50. The minimum Gasteiger partial charge on any atom is -0.369 e. The van der Waals surface area contributed by atoms with Crippen LogP contribution in [-0.2, 0) is 45.5 Å². The van der Waals surface area contributed by atoms with Crippen LogP contribution in [0.4, 0.5) is 11.6 Å². The molecule has 0 radical (unpaired) electrons. The van der Waals surface area contributed by atoms with Gasteiger partial charge < -0.3 is 20.1 Å². The van der Waals surface area contributed by atoms with Gasteiger partial charge in [0, 0.05) is 21.6 Å². The molecular weight excluding hydrogens is 580 g/mol. The number of pyridine rings is 4. The predicted octanol–water partition coefficient (Wildman–Crippen LogP) is 6.98. The van der Waals surface area contributed by atoms with Crippen LogP contribution in [0.2, 0.25) is 0 Å². The number of anilines is 2. The Morgan fingerprint density at radius 2 is 0.870 bits per heavy atom. The zero-order valence-electron chi connectivity index (χ0n) is 27.2. The van der Waals surface area contributed by atoms with Gasteiger partial charge in [-0.1, -0.05) is 77.9 Å². The summed E-state index contributed by atoms with van der Waals surface area (Å²) < 4.78 is 11.9. The third-order valence-electron chi connectivity index (χ3n) is 7.09. The number of carbonyl (C=O) groups excluding carboxylic acids is 2. The quantitative estimate of drug-likeness (QED) is 0.160. The van der Waals surface area contributed by atoms with Crippen molar-refractivity contribution < 1.29 is 19.1 Å². The number of amides is 2. The fourth-order valence-corrected chi connectivity index (χ4v) is 4.40. The number of hydrogen-bond donors (Lipinski definition) is 2. The first-order valence-corrected chi connectivity index (χ1v) is 15.2. The van der Waals surface area contributed by atoms with Crippen molar-refractivity contribution in [1.82, 2.24) is 19.9 Å². The van der Waals surface area contributed by atoms with Gasteiger partial charge in [-0.3, -0.25) is 9.59 Å². The predicted molar refractivity (Wildman–Crippen MR) is 179 cm³/mol. The lowest BCUT2D eigenvalue weighted by molar-refractivity contribution is -0.123. The number of rotatable bonds is 10. The van der Waals surface area contributed by atoms with E-state index in [0.29, 0.717) is 23.0 Å². The van der Waals surface area contributed by atoms with Crippen LogP contribution in [0, 0.1) is 10.8 Å². The lowest BCUT2D eigenvalue weighted by Gasteiger charge is -2.17. The topological polar surface area (TPSA) is 128 Å². The van der Waals surface area contributed by atoms with Crippen molar-refractivity contribution in [2.24, 2.45) is 10.8 Å². The molecule has 0 aliphatic heterocycles. The number of nitrogens with one attached hydrogen (secondary N) is 2. The molecule has 0 fully saturated rings. The summed E-state index contributed by atoms with van der Waals surface area (Å²) in [4.78, 5) is 43.4. The highest BCUT2D eigenvalue weighted by Crippen LogP contribution is 2.24. The van der Waals surface area contributed by atoms with E-state index >= 15 is 0 Å². The molecule has 10 heteroatoms. The van der Waals surface area contributed by atoms with E-state index in [4.69, 9.17) is 19.4 Å². The number of aromatic nitrogens is 4. The highest BCUT2D eigenvalue weighted by atomic mass is 16.5. The van der Waals surface area contributed by atoms with Crippen molar-refractivity contribution >= 4 is 45.3 Å². The molecule has 4 heterocycles. The van der Waals surface area contributed by atoms with Crippen LogP contribution in [0.15, 0.2) is 72.8 Å². The molecule has 5 aromatic rings. The maximum Gasteiger partial charge on any atom is 0.230 e. The Morgan fingerprint density at radius 1 is 0.522 bits per heavy atom. The van der Waals surface area contributed by atoms with E-state index in [-0.39, 0.29) is 38.2 Å². The van der Waals surface area contributed by atoms with Gasteiger partial charge in [-0.05, 0) is 36.4 Å². The summed E-state index contributed by atoms with van der Waals surface area (Å²) in [6.45, 7) is 12.3. The summed E-state index contributed by atoms with van der Waals surface area (Å²) in [5.74, 6) is 0.798. The summed E-state index contributed by atoms with van der Waals surface area (Å²) in [7, 11) is 0. The summed E-state index contributed by atoms with van der Waals surface area (Å²) >= 11 is 0. The first-order valence-electron chi connectivity index (χ1n) is 15.2. The van der Waals surface area contributed by atoms with Crippen LogP contribution in [0.3, 0.4) is 0 Å². The van der Waals surface area contributed by atoms with E-state index in [9.17, 15) is 9.59 Å². The maximum atomic E-state index is 12.3. The third-order valence-corrected chi connectivity index (χ3v) is 7.09. The third kappa shape index (κ3) is 8.47. The minimum absolute atomic E-state index is 0.0980. The smallest absolute Gasteiger partial charge is 0.230 e. The Balaban J connectivity index is 1.22. The van der Waals surface area contributed by atoms with Gasteiger partial charge in [-0.25, -0.2) is 19.9 Å². The number of carbonyl (C=O) groups is 2. The van der Waals surface area contributed by atoms with Gasteiger partial charge in [0.05, 0.1) is 60.2 Å². The average molecular weight is 621 g/mol. The Kier molecular flexibility index (Phi) is 9.69.